The Balaban J connectivity index is 1.66. The Morgan fingerprint density at radius 1 is 1.04 bits per heavy atom. The molecule has 2 aromatic heterocycles. The molecule has 0 amide bonds. The summed E-state index contributed by atoms with van der Waals surface area (Å²) in [6, 6.07) is 8.26. The van der Waals surface area contributed by atoms with Gasteiger partial charge in [-0.2, -0.15) is 0 Å². The lowest BCUT2D eigenvalue weighted by molar-refractivity contribution is -0.383. The van der Waals surface area contributed by atoms with Crippen molar-refractivity contribution < 1.29 is 14.4 Å². The molecule has 4 rings (SSSR count). The molecule has 0 unspecified atom stereocenters. The van der Waals surface area contributed by atoms with E-state index in [0.717, 1.165) is 0 Å². The van der Waals surface area contributed by atoms with Crippen molar-refractivity contribution >= 4 is 40.4 Å². The van der Waals surface area contributed by atoms with Crippen LogP contribution >= 0.6 is 11.6 Å². The van der Waals surface area contributed by atoms with Gasteiger partial charge < -0.3 is 20.1 Å². The molecule has 0 saturated carbocycles. The number of benzene rings is 1. The molecule has 2 N–H and O–H groups in total. The van der Waals surface area contributed by atoms with E-state index in [4.69, 9.17) is 21.1 Å². The fourth-order valence-corrected chi connectivity index (χ4v) is 2.53. The Morgan fingerprint density at radius 3 is 2.56 bits per heavy atom. The van der Waals surface area contributed by atoms with Crippen LogP contribution in [0.2, 0.25) is 5.02 Å². The highest BCUT2D eigenvalue weighted by atomic mass is 35.5. The van der Waals surface area contributed by atoms with E-state index in [0.29, 0.717) is 28.0 Å². The van der Waals surface area contributed by atoms with Crippen LogP contribution < -0.4 is 20.1 Å². The van der Waals surface area contributed by atoms with Gasteiger partial charge in [0, 0.05) is 18.0 Å². The summed E-state index contributed by atoms with van der Waals surface area (Å²) in [4.78, 5) is 23.0. The molecule has 1 aliphatic rings. The minimum atomic E-state index is -0.576. The lowest BCUT2D eigenvalue weighted by Gasteiger charge is -2.10. The van der Waals surface area contributed by atoms with E-state index < -0.39 is 4.92 Å². The number of ether oxygens (including phenoxy) is 2. The molecule has 11 heteroatoms. The first kappa shape index (κ1) is 16.8. The Bertz CT molecular complexity index is 1010. The highest BCUT2D eigenvalue weighted by Gasteiger charge is 2.24. The van der Waals surface area contributed by atoms with Crippen LogP contribution in [-0.4, -0.2) is 26.7 Å². The molecule has 27 heavy (non-hydrogen) atoms. The smallest absolute Gasteiger partial charge is 0.353 e. The molecular formula is C16H11ClN6O4. The molecule has 0 saturated heterocycles. The van der Waals surface area contributed by atoms with Crippen molar-refractivity contribution in [2.45, 2.75) is 0 Å². The third kappa shape index (κ3) is 3.51. The van der Waals surface area contributed by atoms with Crippen LogP contribution in [-0.2, 0) is 0 Å². The van der Waals surface area contributed by atoms with Gasteiger partial charge in [-0.15, -0.1) is 0 Å². The number of rotatable bonds is 5. The summed E-state index contributed by atoms with van der Waals surface area (Å²) in [5.74, 6) is 1.52. The van der Waals surface area contributed by atoms with E-state index >= 15 is 0 Å². The van der Waals surface area contributed by atoms with E-state index in [-0.39, 0.29) is 24.1 Å². The first-order valence-corrected chi connectivity index (χ1v) is 8.02. The molecule has 10 nitrogen and oxygen atoms in total. The topological polar surface area (TPSA) is 124 Å². The number of nitrogens with zero attached hydrogens (tertiary/aromatic N) is 4. The largest absolute Gasteiger partial charge is 0.454 e. The molecule has 0 radical (unpaired) electrons. The van der Waals surface area contributed by atoms with Crippen LogP contribution in [0.4, 0.5) is 28.8 Å². The average Bonchev–Trinajstić information content (AvgIpc) is 3.11. The highest BCUT2D eigenvalue weighted by molar-refractivity contribution is 6.30. The Morgan fingerprint density at radius 2 is 1.81 bits per heavy atom. The van der Waals surface area contributed by atoms with Crippen molar-refractivity contribution in [1.29, 1.82) is 0 Å². The number of nitro groups is 1. The molecule has 3 heterocycles. The van der Waals surface area contributed by atoms with Crippen LogP contribution in [0.5, 0.6) is 11.5 Å². The van der Waals surface area contributed by atoms with Gasteiger partial charge in [0.05, 0.1) is 9.95 Å². The summed E-state index contributed by atoms with van der Waals surface area (Å²) in [5.41, 5.74) is 0.225. The SMILES string of the molecule is O=[N+]([O-])c1c(Nc2ccc3c(c2)OCO3)ncnc1Nc1ccc(Cl)cn1. The number of nitrogens with one attached hydrogen (secondary N) is 2. The van der Waals surface area contributed by atoms with Crippen LogP contribution in [0, 0.1) is 10.1 Å². The first-order chi connectivity index (χ1) is 13.1. The fraction of sp³-hybridized carbons (Fsp3) is 0.0625. The van der Waals surface area contributed by atoms with Gasteiger partial charge in [-0.05, 0) is 24.3 Å². The zero-order valence-corrected chi connectivity index (χ0v) is 14.3. The quantitative estimate of drug-likeness (QED) is 0.499. The molecule has 0 fully saturated rings. The fourth-order valence-electron chi connectivity index (χ4n) is 2.42. The summed E-state index contributed by atoms with van der Waals surface area (Å²) in [5, 5.41) is 17.8. The minimum absolute atomic E-state index is 0.00642. The van der Waals surface area contributed by atoms with Crippen LogP contribution in [0.1, 0.15) is 0 Å². The van der Waals surface area contributed by atoms with Gasteiger partial charge in [0.25, 0.3) is 0 Å². The summed E-state index contributed by atoms with van der Waals surface area (Å²) < 4.78 is 10.6. The summed E-state index contributed by atoms with van der Waals surface area (Å²) in [6.07, 6.45) is 2.63. The number of aromatic nitrogens is 3. The second-order valence-corrected chi connectivity index (χ2v) is 5.79. The number of hydrogen-bond acceptors (Lipinski definition) is 9. The van der Waals surface area contributed by atoms with Crippen LogP contribution in [0.15, 0.2) is 42.9 Å². The van der Waals surface area contributed by atoms with E-state index in [2.05, 4.69) is 25.6 Å². The van der Waals surface area contributed by atoms with Crippen molar-refractivity contribution in [1.82, 2.24) is 15.0 Å². The first-order valence-electron chi connectivity index (χ1n) is 7.65. The van der Waals surface area contributed by atoms with Gasteiger partial charge in [-0.25, -0.2) is 15.0 Å². The second-order valence-electron chi connectivity index (χ2n) is 5.36. The average molecular weight is 387 g/mol. The van der Waals surface area contributed by atoms with Crippen LogP contribution in [0.3, 0.4) is 0 Å². The maximum atomic E-state index is 11.6. The number of halogens is 1. The lowest BCUT2D eigenvalue weighted by atomic mass is 10.2. The Labute approximate surface area is 157 Å². The summed E-state index contributed by atoms with van der Waals surface area (Å²) >= 11 is 5.80. The van der Waals surface area contributed by atoms with E-state index in [1.54, 1.807) is 30.3 Å². The van der Waals surface area contributed by atoms with Crippen molar-refractivity contribution in [2.24, 2.45) is 0 Å². The molecule has 1 aliphatic heterocycles. The Kier molecular flexibility index (Phi) is 4.30. The maximum Gasteiger partial charge on any atom is 0.353 e. The molecule has 0 spiro atoms. The van der Waals surface area contributed by atoms with E-state index in [1.807, 2.05) is 0 Å². The van der Waals surface area contributed by atoms with Gasteiger partial charge in [0.15, 0.2) is 11.5 Å². The zero-order chi connectivity index (χ0) is 18.8. The van der Waals surface area contributed by atoms with Gasteiger partial charge in [0.2, 0.25) is 18.4 Å². The van der Waals surface area contributed by atoms with Gasteiger partial charge >= 0.3 is 5.69 Å². The minimum Gasteiger partial charge on any atom is -0.454 e. The number of fused-ring (bicyclic) bond motifs is 1. The lowest BCUT2D eigenvalue weighted by Crippen LogP contribution is -2.06. The van der Waals surface area contributed by atoms with E-state index in [9.17, 15) is 10.1 Å². The number of pyridine rings is 1. The van der Waals surface area contributed by atoms with Gasteiger partial charge in [-0.3, -0.25) is 10.1 Å². The molecule has 0 bridgehead atoms. The normalized spacial score (nSPS) is 11.9. The van der Waals surface area contributed by atoms with Crippen molar-refractivity contribution in [3.8, 4) is 11.5 Å². The predicted molar refractivity (Wildman–Crippen MR) is 97.1 cm³/mol. The molecule has 0 aliphatic carbocycles. The summed E-state index contributed by atoms with van der Waals surface area (Å²) in [7, 11) is 0. The van der Waals surface area contributed by atoms with E-state index in [1.165, 1.54) is 12.5 Å². The third-order valence-electron chi connectivity index (χ3n) is 3.61. The second kappa shape index (κ2) is 6.92. The van der Waals surface area contributed by atoms with Crippen molar-refractivity contribution in [3.63, 3.8) is 0 Å². The highest BCUT2D eigenvalue weighted by Crippen LogP contribution is 2.37. The molecular weight excluding hydrogens is 376 g/mol. The number of hydrogen-bond donors (Lipinski definition) is 2. The predicted octanol–water partition coefficient (Wildman–Crippen LogP) is 3.65. The number of anilines is 4. The zero-order valence-electron chi connectivity index (χ0n) is 13.5. The Hall–Kier alpha value is -3.66. The van der Waals surface area contributed by atoms with Gasteiger partial charge in [0.1, 0.15) is 12.1 Å². The standard InChI is InChI=1S/C16H11ClN6O4/c17-9-1-4-13(18-6-9)22-16-14(23(24)25)15(19-7-20-16)21-10-2-3-11-12(5-10)27-8-26-11/h1-7H,8H2,(H2,18,19,20,21,22). The molecule has 136 valence electrons. The summed E-state index contributed by atoms with van der Waals surface area (Å²) in [6.45, 7) is 0.134. The molecule has 1 aromatic carbocycles. The molecule has 3 aromatic rings. The van der Waals surface area contributed by atoms with Crippen LogP contribution in [0.25, 0.3) is 0 Å². The van der Waals surface area contributed by atoms with Crippen molar-refractivity contribution in [3.05, 3.63) is 58.0 Å². The monoisotopic (exact) mass is 386 g/mol. The van der Waals surface area contributed by atoms with Gasteiger partial charge in [-0.1, -0.05) is 11.6 Å². The third-order valence-corrected chi connectivity index (χ3v) is 3.84. The molecule has 0 atom stereocenters. The van der Waals surface area contributed by atoms with Crippen molar-refractivity contribution in [2.75, 3.05) is 17.4 Å². The maximum absolute atomic E-state index is 11.6.